The number of halogens is 1. The quantitative estimate of drug-likeness (QED) is 0.921. The second-order valence-electron chi connectivity index (χ2n) is 4.89. The molecule has 106 valence electrons. The molecule has 0 aromatic heterocycles. The molecule has 0 saturated carbocycles. The number of nitrogens with one attached hydrogen (secondary N) is 1. The maximum atomic E-state index is 12.2. The number of nitrogens with zero attached hydrogens (tertiary/aromatic N) is 1. The van der Waals surface area contributed by atoms with Gasteiger partial charge < -0.3 is 10.2 Å². The van der Waals surface area contributed by atoms with E-state index in [-0.39, 0.29) is 18.3 Å². The Kier molecular flexibility index (Phi) is 6.89. The summed E-state index contributed by atoms with van der Waals surface area (Å²) in [5.74, 6) is 0.171. The number of amides is 1. The lowest BCUT2D eigenvalue weighted by Gasteiger charge is -2.32. The van der Waals surface area contributed by atoms with E-state index in [1.807, 2.05) is 35.2 Å². The van der Waals surface area contributed by atoms with Crippen molar-refractivity contribution in [2.24, 2.45) is 0 Å². The molecule has 1 aliphatic rings. The van der Waals surface area contributed by atoms with E-state index in [1.54, 1.807) is 0 Å². The number of hydrogen-bond acceptors (Lipinski definition) is 2. The first-order chi connectivity index (χ1) is 8.81. The summed E-state index contributed by atoms with van der Waals surface area (Å²) < 4.78 is 0. The zero-order valence-corrected chi connectivity index (χ0v) is 12.3. The van der Waals surface area contributed by atoms with Gasteiger partial charge in [-0.05, 0) is 37.9 Å². The number of piperidine rings is 1. The molecule has 0 aliphatic carbocycles. The van der Waals surface area contributed by atoms with Gasteiger partial charge in [0.1, 0.15) is 0 Å². The Balaban J connectivity index is 0.00000180. The Morgan fingerprint density at radius 3 is 2.47 bits per heavy atom. The summed E-state index contributed by atoms with van der Waals surface area (Å²) in [6.07, 6.45) is 3.31. The highest BCUT2D eigenvalue weighted by Gasteiger charge is 2.22. The van der Waals surface area contributed by atoms with E-state index < -0.39 is 0 Å². The molecule has 1 aromatic rings. The molecular formula is C15H23ClN2O. The summed E-state index contributed by atoms with van der Waals surface area (Å²) in [5.41, 5.74) is 0.803. The zero-order chi connectivity index (χ0) is 12.8. The minimum absolute atomic E-state index is 0. The van der Waals surface area contributed by atoms with Crippen molar-refractivity contribution >= 4 is 18.3 Å². The second kappa shape index (κ2) is 8.18. The van der Waals surface area contributed by atoms with Gasteiger partial charge in [0.05, 0.1) is 0 Å². The van der Waals surface area contributed by atoms with Gasteiger partial charge in [0.25, 0.3) is 5.91 Å². The fourth-order valence-electron chi connectivity index (χ4n) is 2.40. The van der Waals surface area contributed by atoms with Gasteiger partial charge in [0, 0.05) is 24.7 Å². The molecule has 1 amide bonds. The number of carbonyl (C=O) groups is 1. The summed E-state index contributed by atoms with van der Waals surface area (Å²) >= 11 is 0. The largest absolute Gasteiger partial charge is 0.339 e. The fraction of sp³-hybridized carbons (Fsp3) is 0.533. The molecule has 0 radical (unpaired) electrons. The highest BCUT2D eigenvalue weighted by atomic mass is 35.5. The zero-order valence-electron chi connectivity index (χ0n) is 11.5. The van der Waals surface area contributed by atoms with Gasteiger partial charge in [-0.1, -0.05) is 25.1 Å². The van der Waals surface area contributed by atoms with E-state index in [1.165, 1.54) is 6.42 Å². The Hall–Kier alpha value is -1.06. The fourth-order valence-corrected chi connectivity index (χ4v) is 2.40. The lowest BCUT2D eigenvalue weighted by Crippen LogP contribution is -2.45. The molecule has 1 aromatic carbocycles. The molecule has 0 atom stereocenters. The number of rotatable bonds is 4. The molecule has 3 nitrogen and oxygen atoms in total. The number of benzene rings is 1. The van der Waals surface area contributed by atoms with Crippen molar-refractivity contribution in [2.75, 3.05) is 19.6 Å². The molecule has 19 heavy (non-hydrogen) atoms. The van der Waals surface area contributed by atoms with E-state index in [4.69, 9.17) is 0 Å². The van der Waals surface area contributed by atoms with Crippen LogP contribution in [-0.2, 0) is 0 Å². The van der Waals surface area contributed by atoms with Crippen LogP contribution >= 0.6 is 12.4 Å². The number of likely N-dealkylation sites (tertiary alicyclic amines) is 1. The Morgan fingerprint density at radius 2 is 1.89 bits per heavy atom. The highest BCUT2D eigenvalue weighted by Crippen LogP contribution is 2.13. The molecule has 1 aliphatic heterocycles. The standard InChI is InChI=1S/C15H22N2O.ClH/c1-2-10-16-14-8-11-17(12-9-14)15(18)13-6-4-3-5-7-13;/h3-7,14,16H,2,8-12H2,1H3;1H. The molecular weight excluding hydrogens is 260 g/mol. The van der Waals surface area contributed by atoms with Gasteiger partial charge in [-0.2, -0.15) is 0 Å². The summed E-state index contributed by atoms with van der Waals surface area (Å²) in [5, 5.41) is 3.53. The van der Waals surface area contributed by atoms with Crippen LogP contribution in [0.1, 0.15) is 36.5 Å². The van der Waals surface area contributed by atoms with Crippen LogP contribution < -0.4 is 5.32 Å². The molecule has 1 heterocycles. The van der Waals surface area contributed by atoms with Crippen LogP contribution in [0.3, 0.4) is 0 Å². The lowest BCUT2D eigenvalue weighted by molar-refractivity contribution is 0.0705. The minimum Gasteiger partial charge on any atom is -0.339 e. The molecule has 1 N–H and O–H groups in total. The maximum absolute atomic E-state index is 12.2. The minimum atomic E-state index is 0. The number of hydrogen-bond donors (Lipinski definition) is 1. The van der Waals surface area contributed by atoms with Gasteiger partial charge >= 0.3 is 0 Å². The van der Waals surface area contributed by atoms with Crippen molar-refractivity contribution in [1.82, 2.24) is 10.2 Å². The predicted molar refractivity (Wildman–Crippen MR) is 80.9 cm³/mol. The molecule has 2 rings (SSSR count). The summed E-state index contributed by atoms with van der Waals surface area (Å²) in [6.45, 7) is 5.00. The molecule has 4 heteroatoms. The number of carbonyl (C=O) groups excluding carboxylic acids is 1. The first-order valence-electron chi connectivity index (χ1n) is 6.89. The van der Waals surface area contributed by atoms with Crippen LogP contribution in [-0.4, -0.2) is 36.5 Å². The van der Waals surface area contributed by atoms with Crippen molar-refractivity contribution in [2.45, 2.75) is 32.2 Å². The third-order valence-corrected chi connectivity index (χ3v) is 3.49. The Bertz CT molecular complexity index is 375. The third-order valence-electron chi connectivity index (χ3n) is 3.49. The van der Waals surface area contributed by atoms with Crippen molar-refractivity contribution in [3.05, 3.63) is 35.9 Å². The Morgan fingerprint density at radius 1 is 1.26 bits per heavy atom. The monoisotopic (exact) mass is 282 g/mol. The van der Waals surface area contributed by atoms with Crippen molar-refractivity contribution in [3.8, 4) is 0 Å². The summed E-state index contributed by atoms with van der Waals surface area (Å²) in [7, 11) is 0. The van der Waals surface area contributed by atoms with E-state index in [0.29, 0.717) is 6.04 Å². The van der Waals surface area contributed by atoms with Gasteiger partial charge in [0.2, 0.25) is 0 Å². The van der Waals surface area contributed by atoms with Crippen molar-refractivity contribution in [1.29, 1.82) is 0 Å². The maximum Gasteiger partial charge on any atom is 0.253 e. The SMILES string of the molecule is CCCNC1CCN(C(=O)c2ccccc2)CC1.Cl. The molecule has 1 saturated heterocycles. The predicted octanol–water partition coefficient (Wildman–Crippen LogP) is 2.71. The third kappa shape index (κ3) is 4.51. The van der Waals surface area contributed by atoms with Gasteiger partial charge in [-0.25, -0.2) is 0 Å². The first-order valence-corrected chi connectivity index (χ1v) is 6.89. The van der Waals surface area contributed by atoms with Crippen LogP contribution in [0.2, 0.25) is 0 Å². The average molecular weight is 283 g/mol. The molecule has 0 spiro atoms. The van der Waals surface area contributed by atoms with E-state index in [2.05, 4.69) is 12.2 Å². The van der Waals surface area contributed by atoms with Crippen LogP contribution in [0, 0.1) is 0 Å². The molecule has 0 bridgehead atoms. The van der Waals surface area contributed by atoms with Crippen LogP contribution in [0.5, 0.6) is 0 Å². The molecule has 0 unspecified atom stereocenters. The van der Waals surface area contributed by atoms with E-state index in [0.717, 1.165) is 38.0 Å². The van der Waals surface area contributed by atoms with Crippen molar-refractivity contribution in [3.63, 3.8) is 0 Å². The lowest BCUT2D eigenvalue weighted by atomic mass is 10.0. The van der Waals surface area contributed by atoms with Gasteiger partial charge in [-0.15, -0.1) is 12.4 Å². The first kappa shape index (κ1) is 16.0. The second-order valence-corrected chi connectivity index (χ2v) is 4.89. The normalized spacial score (nSPS) is 15.9. The summed E-state index contributed by atoms with van der Waals surface area (Å²) in [6, 6.07) is 10.2. The van der Waals surface area contributed by atoms with E-state index in [9.17, 15) is 4.79 Å². The van der Waals surface area contributed by atoms with Gasteiger partial charge in [-0.3, -0.25) is 4.79 Å². The van der Waals surface area contributed by atoms with Crippen LogP contribution in [0.15, 0.2) is 30.3 Å². The van der Waals surface area contributed by atoms with Crippen molar-refractivity contribution < 1.29 is 4.79 Å². The summed E-state index contributed by atoms with van der Waals surface area (Å²) in [4.78, 5) is 14.2. The van der Waals surface area contributed by atoms with Crippen LogP contribution in [0.25, 0.3) is 0 Å². The van der Waals surface area contributed by atoms with Crippen LogP contribution in [0.4, 0.5) is 0 Å². The average Bonchev–Trinajstić information content (AvgIpc) is 2.46. The highest BCUT2D eigenvalue weighted by molar-refractivity contribution is 5.94. The van der Waals surface area contributed by atoms with E-state index >= 15 is 0 Å². The smallest absolute Gasteiger partial charge is 0.253 e. The van der Waals surface area contributed by atoms with Gasteiger partial charge in [0.15, 0.2) is 0 Å². The topological polar surface area (TPSA) is 32.3 Å². The Labute approximate surface area is 121 Å². The molecule has 1 fully saturated rings.